The van der Waals surface area contributed by atoms with Gasteiger partial charge >= 0.3 is 0 Å². The Labute approximate surface area is 82.0 Å². The third-order valence-corrected chi connectivity index (χ3v) is 0. The Morgan fingerprint density at radius 3 is 1.00 bits per heavy atom. The Bertz CT molecular complexity index is 8.00. The van der Waals surface area contributed by atoms with Gasteiger partial charge in [-0.3, -0.25) is 0 Å². The molecule has 0 amide bonds. The molecular formula is H7BCeNbSi. The van der Waals surface area contributed by atoms with E-state index in [1.807, 2.05) is 0 Å². The molecule has 0 aliphatic carbocycles. The molecular weight excluding hydrogens is 272 g/mol. The van der Waals surface area contributed by atoms with Gasteiger partial charge in [0.15, 0.2) is 0 Å². The van der Waals surface area contributed by atoms with Crippen LogP contribution in [-0.2, 0) is 22.4 Å². The topological polar surface area (TPSA) is 0 Å². The van der Waals surface area contributed by atoms with E-state index in [9.17, 15) is 0 Å². The fraction of sp³-hybridized carbons (Fsp3) is 0. The molecule has 0 rings (SSSR count). The van der Waals surface area contributed by atoms with E-state index >= 15 is 0 Å². The van der Waals surface area contributed by atoms with Gasteiger partial charge in [-0.2, -0.15) is 0 Å². The molecule has 0 atom stereocenters. The molecule has 1 radical (unpaired) electrons. The van der Waals surface area contributed by atoms with Gasteiger partial charge in [0.25, 0.3) is 0 Å². The van der Waals surface area contributed by atoms with Crippen LogP contribution in [0.2, 0.25) is 0 Å². The van der Waals surface area contributed by atoms with E-state index in [1.165, 1.54) is 0 Å². The SMILES string of the molecule is B.[Ce].[Nb].[SiH4]. The fourth-order valence-electron chi connectivity index (χ4n) is 0. The second kappa shape index (κ2) is 18.2. The van der Waals surface area contributed by atoms with Gasteiger partial charge in [0.1, 0.15) is 0 Å². The summed E-state index contributed by atoms with van der Waals surface area (Å²) in [6.07, 6.45) is 0. The zero-order chi connectivity index (χ0) is 0. The average Bonchev–Trinajstić information content (AvgIpc) is 0. The summed E-state index contributed by atoms with van der Waals surface area (Å²) >= 11 is 0. The van der Waals surface area contributed by atoms with Crippen LogP contribution in [0.15, 0.2) is 0 Å². The normalized spacial score (nSPS) is 0. The third kappa shape index (κ3) is 8.83. The standard InChI is InChI=1S/BH3.Ce.Nb.H4Si/h1H3;;;1H4. The van der Waals surface area contributed by atoms with Crippen molar-refractivity contribution in [2.75, 3.05) is 0 Å². The van der Waals surface area contributed by atoms with Crippen molar-refractivity contribution in [1.29, 1.82) is 0 Å². The van der Waals surface area contributed by atoms with E-state index in [1.54, 1.807) is 0 Å². The molecule has 4 heavy (non-hydrogen) atoms. The molecule has 0 aliphatic rings. The molecule has 0 aromatic carbocycles. The van der Waals surface area contributed by atoms with E-state index < -0.39 is 0 Å². The van der Waals surface area contributed by atoms with Crippen LogP contribution in [0.5, 0.6) is 0 Å². The summed E-state index contributed by atoms with van der Waals surface area (Å²) in [5.74, 6) is 0. The maximum atomic E-state index is 0. The minimum atomic E-state index is 0. The van der Waals surface area contributed by atoms with Crippen LogP contribution in [0, 0.1) is 41.7 Å². The van der Waals surface area contributed by atoms with Crippen LogP contribution in [0.4, 0.5) is 0 Å². The molecule has 0 aliphatic heterocycles. The molecule has 0 aromatic rings. The van der Waals surface area contributed by atoms with E-state index in [0.717, 1.165) is 0 Å². The van der Waals surface area contributed by atoms with Gasteiger partial charge in [-0.25, -0.2) is 0 Å². The first kappa shape index (κ1) is 32.4. The van der Waals surface area contributed by atoms with Crippen molar-refractivity contribution < 1.29 is 64.1 Å². The Morgan fingerprint density at radius 2 is 1.00 bits per heavy atom. The quantitative estimate of drug-likeness (QED) is 0.425. The molecule has 0 heterocycles. The molecule has 0 N–H and O–H groups in total. The third-order valence-electron chi connectivity index (χ3n) is 0. The summed E-state index contributed by atoms with van der Waals surface area (Å²) in [6.45, 7) is 0. The van der Waals surface area contributed by atoms with Crippen molar-refractivity contribution in [2.45, 2.75) is 0 Å². The van der Waals surface area contributed by atoms with Gasteiger partial charge < -0.3 is 0 Å². The van der Waals surface area contributed by atoms with Crippen LogP contribution in [0.1, 0.15) is 0 Å². The van der Waals surface area contributed by atoms with Crippen molar-refractivity contribution in [1.82, 2.24) is 0 Å². The van der Waals surface area contributed by atoms with E-state index in [2.05, 4.69) is 0 Å². The van der Waals surface area contributed by atoms with Crippen molar-refractivity contribution in [2.24, 2.45) is 0 Å². The van der Waals surface area contributed by atoms with E-state index in [-0.39, 0.29) is 83.5 Å². The van der Waals surface area contributed by atoms with Crippen LogP contribution < -0.4 is 0 Å². The maximum Gasteiger partial charge on any atom is 0.0814 e. The summed E-state index contributed by atoms with van der Waals surface area (Å²) in [5.41, 5.74) is 0. The Hall–Kier alpha value is 2.40. The molecule has 0 spiro atoms. The Kier molecular flexibility index (Phi) is 147. The van der Waals surface area contributed by atoms with E-state index in [0.29, 0.717) is 0 Å². The number of hydrogen-bond acceptors (Lipinski definition) is 0. The molecule has 0 fully saturated rings. The van der Waals surface area contributed by atoms with Gasteiger partial charge in [-0.1, -0.05) is 0 Å². The molecule has 0 nitrogen and oxygen atoms in total. The monoisotopic (exact) mass is 279 g/mol. The zero-order valence-electron chi connectivity index (χ0n) is 0.947. The fourth-order valence-corrected chi connectivity index (χ4v) is 0. The van der Waals surface area contributed by atoms with Gasteiger partial charge in [-0.05, 0) is 11.0 Å². The molecule has 23 valence electrons. The number of rotatable bonds is 0. The van der Waals surface area contributed by atoms with Gasteiger partial charge in [-0.15, -0.1) is 0 Å². The van der Waals surface area contributed by atoms with Crippen LogP contribution in [-0.4, -0.2) is 19.4 Å². The van der Waals surface area contributed by atoms with Crippen LogP contribution in [0.25, 0.3) is 0 Å². The van der Waals surface area contributed by atoms with Crippen LogP contribution >= 0.6 is 0 Å². The minimum Gasteiger partial charge on any atom is -0.0149 e. The summed E-state index contributed by atoms with van der Waals surface area (Å²) in [7, 11) is 0. The molecule has 0 unspecified atom stereocenters. The molecule has 0 aromatic heterocycles. The van der Waals surface area contributed by atoms with Crippen molar-refractivity contribution >= 4 is 19.4 Å². The summed E-state index contributed by atoms with van der Waals surface area (Å²) in [5, 5.41) is 0. The largest absolute Gasteiger partial charge is 0.0814 e. The van der Waals surface area contributed by atoms with Crippen molar-refractivity contribution in [3.05, 3.63) is 0 Å². The molecule has 0 saturated carbocycles. The predicted octanol–water partition coefficient (Wildman–Crippen LogP) is -2.64. The van der Waals surface area contributed by atoms with Crippen molar-refractivity contribution in [3.8, 4) is 0 Å². The average molecular weight is 279 g/mol. The summed E-state index contributed by atoms with van der Waals surface area (Å²) < 4.78 is 0. The van der Waals surface area contributed by atoms with E-state index in [4.69, 9.17) is 0 Å². The zero-order valence-corrected chi connectivity index (χ0v) is 6.29. The van der Waals surface area contributed by atoms with Gasteiger partial charge in [0.05, 0.1) is 8.41 Å². The maximum absolute atomic E-state index is 0. The minimum absolute atomic E-state index is 0. The first-order valence-electron chi connectivity index (χ1n) is 0. The first-order valence-corrected chi connectivity index (χ1v) is 0. The van der Waals surface area contributed by atoms with Crippen LogP contribution in [0.3, 0.4) is 0 Å². The smallest absolute Gasteiger partial charge is 0.0149 e. The summed E-state index contributed by atoms with van der Waals surface area (Å²) in [4.78, 5) is 0. The Balaban J connectivity index is 0. The van der Waals surface area contributed by atoms with Gasteiger partial charge in [0, 0.05) is 64.1 Å². The number of hydrogen-bond donors (Lipinski definition) is 0. The van der Waals surface area contributed by atoms with Gasteiger partial charge in [0.2, 0.25) is 0 Å². The molecule has 4 heteroatoms. The van der Waals surface area contributed by atoms with Crippen molar-refractivity contribution in [3.63, 3.8) is 0 Å². The first-order chi connectivity index (χ1) is 0. The Morgan fingerprint density at radius 1 is 1.00 bits per heavy atom. The summed E-state index contributed by atoms with van der Waals surface area (Å²) in [6, 6.07) is 0. The predicted molar refractivity (Wildman–Crippen MR) is 21.3 cm³/mol. The second-order valence-electron chi connectivity index (χ2n) is 0. The molecule has 0 bridgehead atoms. The molecule has 0 saturated heterocycles. The second-order valence-corrected chi connectivity index (χ2v) is 0.